The van der Waals surface area contributed by atoms with Gasteiger partial charge in [0.1, 0.15) is 11.5 Å². The summed E-state index contributed by atoms with van der Waals surface area (Å²) in [5, 5.41) is 15.5. The fourth-order valence-electron chi connectivity index (χ4n) is 3.74. The highest BCUT2D eigenvalue weighted by Gasteiger charge is 2.23. The number of aromatic nitrogens is 3. The molecule has 0 saturated heterocycles. The van der Waals surface area contributed by atoms with Crippen LogP contribution >= 0.6 is 11.8 Å². The van der Waals surface area contributed by atoms with Crippen LogP contribution in [0.15, 0.2) is 87.7 Å². The molecule has 0 N–H and O–H groups in total. The van der Waals surface area contributed by atoms with Crippen LogP contribution in [0, 0.1) is 0 Å². The number of hydrazone groups is 1. The molecule has 0 bridgehead atoms. The highest BCUT2D eigenvalue weighted by molar-refractivity contribution is 7.99. The van der Waals surface area contributed by atoms with Crippen LogP contribution in [0.25, 0.3) is 11.4 Å². The van der Waals surface area contributed by atoms with Crippen LogP contribution in [0.1, 0.15) is 17.7 Å². The summed E-state index contributed by atoms with van der Waals surface area (Å²) in [6, 6.07) is 21.3. The molecular weight excluding hydrogens is 450 g/mol. The Morgan fingerprint density at radius 2 is 1.91 bits per heavy atom. The largest absolute Gasteiger partial charge is 0.497 e. The van der Waals surface area contributed by atoms with Gasteiger partial charge in [-0.25, -0.2) is 5.01 Å². The Balaban J connectivity index is 1.34. The van der Waals surface area contributed by atoms with E-state index in [1.54, 1.807) is 18.4 Å². The molecule has 0 atom stereocenters. The predicted octanol–water partition coefficient (Wildman–Crippen LogP) is 4.32. The molecular formula is C25H23N5O3S. The van der Waals surface area contributed by atoms with E-state index in [0.29, 0.717) is 24.1 Å². The normalized spacial score (nSPS) is 13.2. The van der Waals surface area contributed by atoms with Gasteiger partial charge in [-0.3, -0.25) is 9.36 Å². The van der Waals surface area contributed by atoms with Crippen molar-refractivity contribution in [2.45, 2.75) is 18.1 Å². The number of carbonyl (C=O) groups excluding carboxylic acids is 1. The minimum atomic E-state index is -0.0635. The van der Waals surface area contributed by atoms with Gasteiger partial charge in [0.2, 0.25) is 0 Å². The Morgan fingerprint density at radius 3 is 2.71 bits per heavy atom. The SMILES string of the molecule is COc1cccc(-c2nnc(SCC(=O)N3CCC(c4ccccc4)=N3)n2Cc2ccco2)c1. The second-order valence-corrected chi connectivity index (χ2v) is 8.61. The first kappa shape index (κ1) is 22.0. The molecule has 1 aliphatic rings. The fourth-order valence-corrected chi connectivity index (χ4v) is 4.55. The van der Waals surface area contributed by atoms with Crippen molar-refractivity contribution in [3.05, 3.63) is 84.3 Å². The quantitative estimate of drug-likeness (QED) is 0.354. The Kier molecular flexibility index (Phi) is 6.44. The number of thioether (sulfide) groups is 1. The van der Waals surface area contributed by atoms with Crippen LogP contribution < -0.4 is 4.74 Å². The summed E-state index contributed by atoms with van der Waals surface area (Å²) in [6.45, 7) is 1.03. The van der Waals surface area contributed by atoms with Crippen molar-refractivity contribution in [1.29, 1.82) is 0 Å². The maximum atomic E-state index is 12.9. The number of hydrogen-bond acceptors (Lipinski definition) is 7. The monoisotopic (exact) mass is 473 g/mol. The molecule has 2 aromatic carbocycles. The van der Waals surface area contributed by atoms with Gasteiger partial charge in [0.05, 0.1) is 37.9 Å². The molecule has 172 valence electrons. The summed E-state index contributed by atoms with van der Waals surface area (Å²) < 4.78 is 12.9. The first-order chi connectivity index (χ1) is 16.7. The minimum Gasteiger partial charge on any atom is -0.497 e. The molecule has 0 radical (unpaired) electrons. The van der Waals surface area contributed by atoms with Gasteiger partial charge >= 0.3 is 0 Å². The number of amides is 1. The van der Waals surface area contributed by atoms with Crippen LogP contribution in [0.2, 0.25) is 0 Å². The smallest absolute Gasteiger partial charge is 0.253 e. The molecule has 1 aliphatic heterocycles. The summed E-state index contributed by atoms with van der Waals surface area (Å²) >= 11 is 1.34. The zero-order chi connectivity index (χ0) is 23.3. The molecule has 0 unspecified atom stereocenters. The first-order valence-electron chi connectivity index (χ1n) is 10.9. The molecule has 9 heteroatoms. The van der Waals surface area contributed by atoms with E-state index in [1.807, 2.05) is 71.3 Å². The van der Waals surface area contributed by atoms with Crippen LogP contribution in [-0.2, 0) is 11.3 Å². The molecule has 34 heavy (non-hydrogen) atoms. The molecule has 4 aromatic rings. The van der Waals surface area contributed by atoms with Crippen molar-refractivity contribution >= 4 is 23.4 Å². The van der Waals surface area contributed by atoms with Crippen LogP contribution in [-0.4, -0.2) is 50.8 Å². The predicted molar refractivity (Wildman–Crippen MR) is 130 cm³/mol. The molecule has 2 aromatic heterocycles. The topological polar surface area (TPSA) is 85.8 Å². The zero-order valence-corrected chi connectivity index (χ0v) is 19.4. The lowest BCUT2D eigenvalue weighted by Crippen LogP contribution is -2.25. The average molecular weight is 474 g/mol. The second kappa shape index (κ2) is 9.96. The number of carbonyl (C=O) groups is 1. The Hall–Kier alpha value is -3.85. The average Bonchev–Trinajstić information content (AvgIpc) is 3.65. The van der Waals surface area contributed by atoms with Crippen molar-refractivity contribution in [2.75, 3.05) is 19.4 Å². The summed E-state index contributed by atoms with van der Waals surface area (Å²) in [6.07, 6.45) is 2.38. The molecule has 0 fully saturated rings. The Morgan fingerprint density at radius 1 is 1.06 bits per heavy atom. The van der Waals surface area contributed by atoms with E-state index in [0.717, 1.165) is 34.8 Å². The molecule has 3 heterocycles. The van der Waals surface area contributed by atoms with E-state index in [1.165, 1.54) is 11.8 Å². The van der Waals surface area contributed by atoms with Gasteiger partial charge < -0.3 is 9.15 Å². The third-order valence-corrected chi connectivity index (χ3v) is 6.41. The number of furan rings is 1. The summed E-state index contributed by atoms with van der Waals surface area (Å²) in [7, 11) is 1.63. The van der Waals surface area contributed by atoms with Crippen molar-refractivity contribution in [2.24, 2.45) is 5.10 Å². The number of methoxy groups -OCH3 is 1. The third-order valence-electron chi connectivity index (χ3n) is 5.46. The van der Waals surface area contributed by atoms with Gasteiger partial charge in [0.25, 0.3) is 5.91 Å². The van der Waals surface area contributed by atoms with E-state index in [4.69, 9.17) is 9.15 Å². The lowest BCUT2D eigenvalue weighted by Gasteiger charge is -2.12. The summed E-state index contributed by atoms with van der Waals surface area (Å²) in [5.74, 6) is 2.33. The van der Waals surface area contributed by atoms with Crippen molar-refractivity contribution in [3.63, 3.8) is 0 Å². The van der Waals surface area contributed by atoms with Crippen LogP contribution in [0.3, 0.4) is 0 Å². The lowest BCUT2D eigenvalue weighted by molar-refractivity contribution is -0.127. The van der Waals surface area contributed by atoms with Gasteiger partial charge in [-0.05, 0) is 29.8 Å². The van der Waals surface area contributed by atoms with Gasteiger partial charge in [-0.15, -0.1) is 10.2 Å². The van der Waals surface area contributed by atoms with Crippen LogP contribution in [0.5, 0.6) is 5.75 Å². The van der Waals surface area contributed by atoms with Gasteiger partial charge in [0.15, 0.2) is 11.0 Å². The number of hydrogen-bond donors (Lipinski definition) is 0. The second-order valence-electron chi connectivity index (χ2n) is 7.67. The molecule has 1 amide bonds. The fraction of sp³-hybridized carbons (Fsp3) is 0.200. The maximum Gasteiger partial charge on any atom is 0.253 e. The number of rotatable bonds is 8. The van der Waals surface area contributed by atoms with Crippen molar-refractivity contribution in [1.82, 2.24) is 19.8 Å². The summed E-state index contributed by atoms with van der Waals surface area (Å²) in [4.78, 5) is 12.9. The maximum absolute atomic E-state index is 12.9. The van der Waals surface area contributed by atoms with Crippen LogP contribution in [0.4, 0.5) is 0 Å². The van der Waals surface area contributed by atoms with E-state index < -0.39 is 0 Å². The zero-order valence-electron chi connectivity index (χ0n) is 18.6. The standard InChI is InChI=1S/C25H23N5O3S/c1-32-20-10-5-9-19(15-20)24-26-27-25(29(24)16-21-11-6-14-33-21)34-17-23(31)30-13-12-22(28-30)18-7-3-2-4-8-18/h2-11,14-15H,12-13,16-17H2,1H3. The molecule has 0 saturated carbocycles. The number of benzene rings is 2. The third kappa shape index (κ3) is 4.74. The summed E-state index contributed by atoms with van der Waals surface area (Å²) in [5.41, 5.74) is 2.85. The molecule has 0 spiro atoms. The molecule has 5 rings (SSSR count). The number of ether oxygens (including phenoxy) is 1. The minimum absolute atomic E-state index is 0.0635. The van der Waals surface area contributed by atoms with E-state index in [9.17, 15) is 4.79 Å². The molecule has 0 aliphatic carbocycles. The van der Waals surface area contributed by atoms with Crippen molar-refractivity contribution < 1.29 is 13.9 Å². The van der Waals surface area contributed by atoms with E-state index in [2.05, 4.69) is 15.3 Å². The van der Waals surface area contributed by atoms with Gasteiger partial charge in [-0.1, -0.05) is 54.2 Å². The first-order valence-corrected chi connectivity index (χ1v) is 11.9. The van der Waals surface area contributed by atoms with Gasteiger partial charge in [-0.2, -0.15) is 5.10 Å². The Labute approximate surface area is 201 Å². The van der Waals surface area contributed by atoms with E-state index >= 15 is 0 Å². The molecule has 8 nitrogen and oxygen atoms in total. The highest BCUT2D eigenvalue weighted by atomic mass is 32.2. The lowest BCUT2D eigenvalue weighted by atomic mass is 10.1. The number of nitrogens with zero attached hydrogens (tertiary/aromatic N) is 5. The Bertz CT molecular complexity index is 1300. The van der Waals surface area contributed by atoms with Crippen molar-refractivity contribution in [3.8, 4) is 17.1 Å². The van der Waals surface area contributed by atoms with E-state index in [-0.39, 0.29) is 11.7 Å². The highest BCUT2D eigenvalue weighted by Crippen LogP contribution is 2.28. The van der Waals surface area contributed by atoms with Gasteiger partial charge in [0, 0.05) is 12.0 Å².